The third-order valence-corrected chi connectivity index (χ3v) is 1.81. The Hall–Kier alpha value is -0.690. The van der Waals surface area contributed by atoms with E-state index in [0.717, 1.165) is 0 Å². The molecule has 0 saturated heterocycles. The molecule has 0 fully saturated rings. The summed E-state index contributed by atoms with van der Waals surface area (Å²) in [5.41, 5.74) is 0. The molecule has 96 valence electrons. The zero-order valence-electron chi connectivity index (χ0n) is 10.3. The second-order valence-corrected chi connectivity index (χ2v) is 3.66. The molecule has 6 heteroatoms. The van der Waals surface area contributed by atoms with Crippen molar-refractivity contribution in [3.8, 4) is 0 Å². The number of nitrogens with one attached hydrogen (secondary N) is 2. The van der Waals surface area contributed by atoms with E-state index in [2.05, 4.69) is 15.4 Å². The molecule has 1 amide bonds. The zero-order chi connectivity index (χ0) is 12.6. The molecule has 0 aromatic heterocycles. The van der Waals surface area contributed by atoms with E-state index in [1.165, 1.54) is 7.11 Å². The van der Waals surface area contributed by atoms with Gasteiger partial charge < -0.3 is 19.9 Å². The van der Waals surface area contributed by atoms with Crippen LogP contribution >= 0.6 is 0 Å². The lowest BCUT2D eigenvalue weighted by atomic mass is 10.3. The van der Waals surface area contributed by atoms with Crippen LogP contribution in [0.5, 0.6) is 0 Å². The van der Waals surface area contributed by atoms with Crippen molar-refractivity contribution in [3.63, 3.8) is 0 Å². The molecule has 0 spiro atoms. The lowest BCUT2D eigenvalue weighted by Gasteiger charge is -2.16. The molecule has 0 aliphatic carbocycles. The third kappa shape index (κ3) is 7.58. The maximum absolute atomic E-state index is 11.4. The van der Waals surface area contributed by atoms with Crippen LogP contribution in [0.2, 0.25) is 0 Å². The summed E-state index contributed by atoms with van der Waals surface area (Å²) in [7, 11) is 1.38. The SMILES string of the molecule is COC(O)NCCNC(=O)[C@@H](C)OC(C)C. The van der Waals surface area contributed by atoms with Crippen molar-refractivity contribution in [3.05, 3.63) is 0 Å². The fourth-order valence-corrected chi connectivity index (χ4v) is 1.08. The van der Waals surface area contributed by atoms with E-state index in [1.807, 2.05) is 13.8 Å². The minimum absolute atomic E-state index is 0.0224. The van der Waals surface area contributed by atoms with E-state index in [1.54, 1.807) is 6.92 Å². The standard InChI is InChI=1S/C10H22N2O4/c1-7(2)16-8(3)9(13)11-5-6-12-10(14)15-4/h7-8,10,12,14H,5-6H2,1-4H3,(H,11,13)/t8-,10?/m1/s1. The number of hydrogen-bond acceptors (Lipinski definition) is 5. The minimum atomic E-state index is -0.999. The predicted molar refractivity (Wildman–Crippen MR) is 59.7 cm³/mol. The van der Waals surface area contributed by atoms with Gasteiger partial charge in [-0.1, -0.05) is 0 Å². The summed E-state index contributed by atoms with van der Waals surface area (Å²) in [5, 5.41) is 14.3. The van der Waals surface area contributed by atoms with Crippen LogP contribution in [0.15, 0.2) is 0 Å². The Morgan fingerprint density at radius 1 is 1.31 bits per heavy atom. The summed E-state index contributed by atoms with van der Waals surface area (Å²) >= 11 is 0. The molecule has 1 unspecified atom stereocenters. The molecule has 0 bridgehead atoms. The Morgan fingerprint density at radius 3 is 2.44 bits per heavy atom. The van der Waals surface area contributed by atoms with Gasteiger partial charge in [0.1, 0.15) is 6.10 Å². The van der Waals surface area contributed by atoms with Gasteiger partial charge >= 0.3 is 0 Å². The Morgan fingerprint density at radius 2 is 1.94 bits per heavy atom. The van der Waals surface area contributed by atoms with Gasteiger partial charge in [0.05, 0.1) is 6.10 Å². The van der Waals surface area contributed by atoms with Crippen molar-refractivity contribution in [2.45, 2.75) is 39.4 Å². The molecule has 0 aliphatic rings. The maximum atomic E-state index is 11.4. The molecule has 0 aliphatic heterocycles. The Balaban J connectivity index is 3.57. The number of carbonyl (C=O) groups is 1. The summed E-state index contributed by atoms with van der Waals surface area (Å²) in [6.45, 7) is 6.29. The van der Waals surface area contributed by atoms with Gasteiger partial charge in [-0.15, -0.1) is 0 Å². The van der Waals surface area contributed by atoms with E-state index >= 15 is 0 Å². The fourth-order valence-electron chi connectivity index (χ4n) is 1.08. The first-order valence-electron chi connectivity index (χ1n) is 5.34. The number of ether oxygens (including phenoxy) is 2. The quantitative estimate of drug-likeness (QED) is 0.387. The summed E-state index contributed by atoms with van der Waals surface area (Å²) < 4.78 is 9.87. The summed E-state index contributed by atoms with van der Waals surface area (Å²) in [6.07, 6.45) is -1.44. The van der Waals surface area contributed by atoms with Crippen LogP contribution in [0.3, 0.4) is 0 Å². The molecule has 0 radical (unpaired) electrons. The highest BCUT2D eigenvalue weighted by atomic mass is 16.6. The van der Waals surface area contributed by atoms with Crippen LogP contribution < -0.4 is 10.6 Å². The van der Waals surface area contributed by atoms with Gasteiger partial charge in [0.15, 0.2) is 0 Å². The molecule has 3 N–H and O–H groups in total. The summed E-state index contributed by atoms with van der Waals surface area (Å²) in [4.78, 5) is 11.4. The average Bonchev–Trinajstić information content (AvgIpc) is 2.22. The van der Waals surface area contributed by atoms with Crippen molar-refractivity contribution < 1.29 is 19.4 Å². The molecule has 0 heterocycles. The van der Waals surface area contributed by atoms with Crippen molar-refractivity contribution in [2.24, 2.45) is 0 Å². The molecule has 6 nitrogen and oxygen atoms in total. The highest BCUT2D eigenvalue weighted by Gasteiger charge is 2.13. The molecular formula is C10H22N2O4. The monoisotopic (exact) mass is 234 g/mol. The largest absolute Gasteiger partial charge is 0.366 e. The highest BCUT2D eigenvalue weighted by Crippen LogP contribution is 1.96. The lowest BCUT2D eigenvalue weighted by molar-refractivity contribution is -0.134. The molecular weight excluding hydrogens is 212 g/mol. The molecule has 0 saturated carbocycles. The average molecular weight is 234 g/mol. The van der Waals surface area contributed by atoms with Crippen molar-refractivity contribution >= 4 is 5.91 Å². The molecule has 0 aromatic carbocycles. The number of hydrogen-bond donors (Lipinski definition) is 3. The van der Waals surface area contributed by atoms with Gasteiger partial charge in [0.25, 0.3) is 0 Å². The number of carbonyl (C=O) groups excluding carboxylic acids is 1. The summed E-state index contributed by atoms with van der Waals surface area (Å²) in [5.74, 6) is -0.164. The minimum Gasteiger partial charge on any atom is -0.366 e. The maximum Gasteiger partial charge on any atom is 0.248 e. The summed E-state index contributed by atoms with van der Waals surface area (Å²) in [6, 6.07) is 0. The Kier molecular flexibility index (Phi) is 8.10. The first kappa shape index (κ1) is 15.3. The first-order chi connectivity index (χ1) is 7.47. The van der Waals surface area contributed by atoms with Crippen molar-refractivity contribution in [1.82, 2.24) is 10.6 Å². The zero-order valence-corrected chi connectivity index (χ0v) is 10.3. The van der Waals surface area contributed by atoms with Gasteiger partial charge in [0.2, 0.25) is 12.3 Å². The van der Waals surface area contributed by atoms with E-state index in [-0.39, 0.29) is 12.0 Å². The van der Waals surface area contributed by atoms with Gasteiger partial charge in [-0.25, -0.2) is 0 Å². The second kappa shape index (κ2) is 8.46. The van der Waals surface area contributed by atoms with E-state index in [4.69, 9.17) is 9.84 Å². The molecule has 0 rings (SSSR count). The van der Waals surface area contributed by atoms with Crippen LogP contribution in [-0.2, 0) is 14.3 Å². The molecule has 0 aromatic rings. The number of aliphatic hydroxyl groups excluding tert-OH is 1. The smallest absolute Gasteiger partial charge is 0.248 e. The first-order valence-corrected chi connectivity index (χ1v) is 5.34. The topological polar surface area (TPSA) is 79.8 Å². The van der Waals surface area contributed by atoms with Gasteiger partial charge in [-0.3, -0.25) is 10.1 Å². The molecule has 2 atom stereocenters. The molecule has 16 heavy (non-hydrogen) atoms. The third-order valence-electron chi connectivity index (χ3n) is 1.81. The predicted octanol–water partition coefficient (Wildman–Crippen LogP) is -0.572. The van der Waals surface area contributed by atoms with Gasteiger partial charge in [-0.05, 0) is 20.8 Å². The van der Waals surface area contributed by atoms with Crippen molar-refractivity contribution in [1.29, 1.82) is 0 Å². The van der Waals surface area contributed by atoms with E-state index < -0.39 is 12.5 Å². The Labute approximate surface area is 96.3 Å². The number of methoxy groups -OCH3 is 1. The highest BCUT2D eigenvalue weighted by molar-refractivity contribution is 5.80. The normalized spacial score (nSPS) is 14.9. The number of rotatable bonds is 8. The fraction of sp³-hybridized carbons (Fsp3) is 0.900. The van der Waals surface area contributed by atoms with E-state index in [0.29, 0.717) is 13.1 Å². The van der Waals surface area contributed by atoms with Crippen LogP contribution in [0.1, 0.15) is 20.8 Å². The van der Waals surface area contributed by atoms with Crippen LogP contribution in [0, 0.1) is 0 Å². The second-order valence-electron chi connectivity index (χ2n) is 3.66. The van der Waals surface area contributed by atoms with Gasteiger partial charge in [-0.2, -0.15) is 0 Å². The number of amides is 1. The van der Waals surface area contributed by atoms with Crippen LogP contribution in [-0.4, -0.2) is 49.8 Å². The van der Waals surface area contributed by atoms with Gasteiger partial charge in [0, 0.05) is 20.2 Å². The van der Waals surface area contributed by atoms with Crippen LogP contribution in [0.4, 0.5) is 0 Å². The Bertz CT molecular complexity index is 199. The van der Waals surface area contributed by atoms with Crippen molar-refractivity contribution in [2.75, 3.05) is 20.2 Å². The lowest BCUT2D eigenvalue weighted by Crippen LogP contribution is -2.41. The van der Waals surface area contributed by atoms with Crippen LogP contribution in [0.25, 0.3) is 0 Å². The number of aliphatic hydroxyl groups is 1. The van der Waals surface area contributed by atoms with E-state index in [9.17, 15) is 4.79 Å².